The van der Waals surface area contributed by atoms with Gasteiger partial charge in [-0.15, -0.1) is 0 Å². The van der Waals surface area contributed by atoms with Crippen LogP contribution in [0.4, 0.5) is 0 Å². The van der Waals surface area contributed by atoms with Crippen molar-refractivity contribution in [3.63, 3.8) is 0 Å². The summed E-state index contributed by atoms with van der Waals surface area (Å²) in [6.45, 7) is 0. The minimum atomic E-state index is -0.544. The molecular formula is C13H22O5. The summed E-state index contributed by atoms with van der Waals surface area (Å²) in [4.78, 5) is 21.7. The minimum Gasteiger partial charge on any atom is -0.469 e. The summed E-state index contributed by atoms with van der Waals surface area (Å²) in [5, 5.41) is 9.80. The smallest absolute Gasteiger partial charge is 0.306 e. The highest BCUT2D eigenvalue weighted by atomic mass is 16.6. The van der Waals surface area contributed by atoms with Gasteiger partial charge in [0.2, 0.25) is 0 Å². The van der Waals surface area contributed by atoms with Crippen LogP contribution in [0.5, 0.6) is 0 Å². The fourth-order valence-corrected chi connectivity index (χ4v) is 2.08. The first-order valence-corrected chi connectivity index (χ1v) is 6.58. The molecule has 1 saturated heterocycles. The van der Waals surface area contributed by atoms with E-state index in [0.717, 1.165) is 25.7 Å². The van der Waals surface area contributed by atoms with Crippen LogP contribution in [-0.2, 0) is 19.1 Å². The zero-order valence-electron chi connectivity index (χ0n) is 10.9. The maximum Gasteiger partial charge on any atom is 0.306 e. The topological polar surface area (TPSA) is 72.8 Å². The largest absolute Gasteiger partial charge is 0.469 e. The van der Waals surface area contributed by atoms with Crippen molar-refractivity contribution in [3.05, 3.63) is 0 Å². The highest BCUT2D eigenvalue weighted by Crippen LogP contribution is 2.20. The molecule has 5 heteroatoms. The van der Waals surface area contributed by atoms with Crippen LogP contribution in [0.2, 0.25) is 0 Å². The Bertz CT molecular complexity index is 277. The van der Waals surface area contributed by atoms with E-state index in [4.69, 9.17) is 4.74 Å². The molecule has 0 aromatic heterocycles. The molecule has 0 aromatic carbocycles. The number of aliphatic hydroxyl groups excluding tert-OH is 1. The zero-order valence-corrected chi connectivity index (χ0v) is 10.9. The number of aliphatic hydroxyl groups is 1. The number of hydrogen-bond acceptors (Lipinski definition) is 5. The average molecular weight is 258 g/mol. The van der Waals surface area contributed by atoms with E-state index in [1.807, 2.05) is 0 Å². The Balaban J connectivity index is 1.97. The summed E-state index contributed by atoms with van der Waals surface area (Å²) in [6, 6.07) is 0. The van der Waals surface area contributed by atoms with Gasteiger partial charge in [-0.3, -0.25) is 9.59 Å². The SMILES string of the molecule is COC(=O)CCCCCC[C@@H](O)[C@@H]1CCC(=O)O1. The van der Waals surface area contributed by atoms with E-state index in [-0.39, 0.29) is 18.0 Å². The molecule has 2 atom stereocenters. The number of hydrogen-bond donors (Lipinski definition) is 1. The Labute approximate surface area is 107 Å². The standard InChI is InChI=1S/C13H22O5/c1-17-12(15)7-5-3-2-4-6-10(14)11-8-9-13(16)18-11/h10-11,14H,2-9H2,1H3/t10-,11+/m1/s1. The van der Waals surface area contributed by atoms with Crippen LogP contribution >= 0.6 is 0 Å². The number of carbonyl (C=O) groups excluding carboxylic acids is 2. The summed E-state index contributed by atoms with van der Waals surface area (Å²) in [6.07, 6.45) is 4.92. The summed E-state index contributed by atoms with van der Waals surface area (Å²) in [7, 11) is 1.39. The van der Waals surface area contributed by atoms with Gasteiger partial charge in [0.25, 0.3) is 0 Å². The number of methoxy groups -OCH3 is 1. The second kappa shape index (κ2) is 8.08. The summed E-state index contributed by atoms with van der Waals surface area (Å²) in [5.74, 6) is -0.384. The summed E-state index contributed by atoms with van der Waals surface area (Å²) >= 11 is 0. The second-order valence-electron chi connectivity index (χ2n) is 4.66. The highest BCUT2D eigenvalue weighted by Gasteiger charge is 2.29. The number of ether oxygens (including phenoxy) is 2. The van der Waals surface area contributed by atoms with Gasteiger partial charge in [0.15, 0.2) is 0 Å². The minimum absolute atomic E-state index is 0.173. The lowest BCUT2D eigenvalue weighted by atomic mass is 10.0. The third kappa shape index (κ3) is 5.49. The van der Waals surface area contributed by atoms with Crippen LogP contribution in [0.15, 0.2) is 0 Å². The molecular weight excluding hydrogens is 236 g/mol. The van der Waals surface area contributed by atoms with Gasteiger partial charge >= 0.3 is 11.9 Å². The highest BCUT2D eigenvalue weighted by molar-refractivity contribution is 5.71. The lowest BCUT2D eigenvalue weighted by Crippen LogP contribution is -2.25. The van der Waals surface area contributed by atoms with E-state index in [2.05, 4.69) is 4.74 Å². The lowest BCUT2D eigenvalue weighted by Gasteiger charge is -2.16. The quantitative estimate of drug-likeness (QED) is 0.528. The molecule has 1 rings (SSSR count). The van der Waals surface area contributed by atoms with Gasteiger partial charge in [0.1, 0.15) is 6.10 Å². The van der Waals surface area contributed by atoms with E-state index in [1.165, 1.54) is 7.11 Å². The van der Waals surface area contributed by atoms with Crippen LogP contribution in [0.1, 0.15) is 51.4 Å². The Morgan fingerprint density at radius 3 is 2.78 bits per heavy atom. The van der Waals surface area contributed by atoms with Gasteiger partial charge in [0, 0.05) is 12.8 Å². The van der Waals surface area contributed by atoms with E-state index in [0.29, 0.717) is 25.7 Å². The number of rotatable bonds is 8. The van der Waals surface area contributed by atoms with Crippen LogP contribution in [-0.4, -0.2) is 36.4 Å². The van der Waals surface area contributed by atoms with Gasteiger partial charge in [-0.1, -0.05) is 19.3 Å². The van der Waals surface area contributed by atoms with Crippen molar-refractivity contribution >= 4 is 11.9 Å². The molecule has 1 aliphatic heterocycles. The molecule has 0 unspecified atom stereocenters. The molecule has 0 spiro atoms. The molecule has 1 heterocycles. The van der Waals surface area contributed by atoms with E-state index in [1.54, 1.807) is 0 Å². The van der Waals surface area contributed by atoms with Crippen molar-refractivity contribution in [1.29, 1.82) is 0 Å². The number of carbonyl (C=O) groups is 2. The molecule has 0 aliphatic carbocycles. The Hall–Kier alpha value is -1.10. The zero-order chi connectivity index (χ0) is 13.4. The number of cyclic esters (lactones) is 1. The van der Waals surface area contributed by atoms with Gasteiger partial charge < -0.3 is 14.6 Å². The van der Waals surface area contributed by atoms with Crippen LogP contribution in [0.25, 0.3) is 0 Å². The normalized spacial score (nSPS) is 20.6. The number of unbranched alkanes of at least 4 members (excludes halogenated alkanes) is 3. The van der Waals surface area contributed by atoms with E-state index < -0.39 is 6.10 Å². The van der Waals surface area contributed by atoms with Crippen LogP contribution < -0.4 is 0 Å². The van der Waals surface area contributed by atoms with Crippen molar-refractivity contribution in [1.82, 2.24) is 0 Å². The predicted molar refractivity (Wildman–Crippen MR) is 64.8 cm³/mol. The molecule has 0 saturated carbocycles. The monoisotopic (exact) mass is 258 g/mol. The van der Waals surface area contributed by atoms with E-state index in [9.17, 15) is 14.7 Å². The first kappa shape index (κ1) is 15.0. The van der Waals surface area contributed by atoms with Crippen molar-refractivity contribution < 1.29 is 24.2 Å². The molecule has 104 valence electrons. The lowest BCUT2D eigenvalue weighted by molar-refractivity contribution is -0.145. The first-order valence-electron chi connectivity index (χ1n) is 6.58. The fourth-order valence-electron chi connectivity index (χ4n) is 2.08. The predicted octanol–water partition coefficient (Wildman–Crippen LogP) is 1.57. The molecule has 0 bridgehead atoms. The Morgan fingerprint density at radius 2 is 2.17 bits per heavy atom. The summed E-state index contributed by atoms with van der Waals surface area (Å²) < 4.78 is 9.54. The molecule has 0 aromatic rings. The van der Waals surface area contributed by atoms with Crippen LogP contribution in [0, 0.1) is 0 Å². The second-order valence-corrected chi connectivity index (χ2v) is 4.66. The van der Waals surface area contributed by atoms with Crippen molar-refractivity contribution in [3.8, 4) is 0 Å². The third-order valence-corrected chi connectivity index (χ3v) is 3.20. The molecule has 1 N–H and O–H groups in total. The average Bonchev–Trinajstić information content (AvgIpc) is 2.79. The molecule has 0 radical (unpaired) electrons. The molecule has 1 fully saturated rings. The van der Waals surface area contributed by atoms with Gasteiger partial charge in [-0.25, -0.2) is 0 Å². The van der Waals surface area contributed by atoms with Gasteiger partial charge in [-0.2, -0.15) is 0 Å². The molecule has 0 amide bonds. The molecule has 5 nitrogen and oxygen atoms in total. The maximum absolute atomic E-state index is 10.9. The number of esters is 2. The van der Waals surface area contributed by atoms with E-state index >= 15 is 0 Å². The van der Waals surface area contributed by atoms with Crippen molar-refractivity contribution in [2.75, 3.05) is 7.11 Å². The Kier molecular flexibility index (Phi) is 6.72. The van der Waals surface area contributed by atoms with Gasteiger partial charge in [0.05, 0.1) is 13.2 Å². The first-order chi connectivity index (χ1) is 8.63. The Morgan fingerprint density at radius 1 is 1.44 bits per heavy atom. The maximum atomic E-state index is 10.9. The van der Waals surface area contributed by atoms with Crippen molar-refractivity contribution in [2.24, 2.45) is 0 Å². The van der Waals surface area contributed by atoms with Gasteiger partial charge in [-0.05, 0) is 19.3 Å². The molecule has 18 heavy (non-hydrogen) atoms. The van der Waals surface area contributed by atoms with Crippen molar-refractivity contribution in [2.45, 2.75) is 63.6 Å². The third-order valence-electron chi connectivity index (χ3n) is 3.20. The molecule has 1 aliphatic rings. The van der Waals surface area contributed by atoms with Crippen LogP contribution in [0.3, 0.4) is 0 Å². The fraction of sp³-hybridized carbons (Fsp3) is 0.846. The summed E-state index contributed by atoms with van der Waals surface area (Å²) in [5.41, 5.74) is 0.